The first-order valence-electron chi connectivity index (χ1n) is 6.70. The monoisotopic (exact) mass is 284 g/mol. The number of hydrogen-bond donors (Lipinski definition) is 0. The Morgan fingerprint density at radius 1 is 1.25 bits per heavy atom. The number of nitrogens with zero attached hydrogens (tertiary/aromatic N) is 4. The summed E-state index contributed by atoms with van der Waals surface area (Å²) < 4.78 is 0. The van der Waals surface area contributed by atoms with Crippen LogP contribution in [0.4, 0.5) is 5.82 Å². The molecule has 4 nitrogen and oxygen atoms in total. The average molecular weight is 284 g/mol. The van der Waals surface area contributed by atoms with Crippen LogP contribution < -0.4 is 4.90 Å². The van der Waals surface area contributed by atoms with E-state index in [1.165, 1.54) is 5.56 Å². The first-order valence-corrected chi connectivity index (χ1v) is 7.64. The van der Waals surface area contributed by atoms with Crippen LogP contribution in [0, 0.1) is 11.3 Å². The van der Waals surface area contributed by atoms with E-state index in [1.807, 2.05) is 12.1 Å². The molecule has 1 fully saturated rings. The summed E-state index contributed by atoms with van der Waals surface area (Å²) in [5, 5.41) is 13.5. The normalized spacial score (nSPS) is 16.1. The van der Waals surface area contributed by atoms with Crippen molar-refractivity contribution in [2.24, 2.45) is 0 Å². The van der Waals surface area contributed by atoms with Crippen molar-refractivity contribution in [2.75, 3.05) is 31.1 Å². The van der Waals surface area contributed by atoms with E-state index in [4.69, 9.17) is 5.26 Å². The summed E-state index contributed by atoms with van der Waals surface area (Å²) in [5.41, 5.74) is 2.05. The van der Waals surface area contributed by atoms with Crippen molar-refractivity contribution in [3.8, 4) is 6.07 Å². The summed E-state index contributed by atoms with van der Waals surface area (Å²) in [6.07, 6.45) is 1.76. The first-order chi connectivity index (χ1) is 9.86. The van der Waals surface area contributed by atoms with E-state index in [-0.39, 0.29) is 0 Å². The highest BCUT2D eigenvalue weighted by molar-refractivity contribution is 7.07. The maximum Gasteiger partial charge on any atom is 0.146 e. The largest absolute Gasteiger partial charge is 0.353 e. The van der Waals surface area contributed by atoms with Crippen LogP contribution in [0.3, 0.4) is 0 Å². The van der Waals surface area contributed by atoms with Crippen LogP contribution in [-0.2, 0) is 6.54 Å². The van der Waals surface area contributed by atoms with Crippen molar-refractivity contribution in [1.29, 1.82) is 5.26 Å². The standard InChI is InChI=1S/C15H16N4S/c16-10-14-2-1-4-17-15(14)19-7-5-18(6-8-19)11-13-3-9-20-12-13/h1-4,9,12H,5-8,11H2. The Hall–Kier alpha value is -1.90. The van der Waals surface area contributed by atoms with Gasteiger partial charge >= 0.3 is 0 Å². The third-order valence-electron chi connectivity index (χ3n) is 3.57. The van der Waals surface area contributed by atoms with Gasteiger partial charge in [-0.15, -0.1) is 0 Å². The van der Waals surface area contributed by atoms with Gasteiger partial charge in [0.25, 0.3) is 0 Å². The van der Waals surface area contributed by atoms with Gasteiger partial charge in [-0.3, -0.25) is 4.90 Å². The van der Waals surface area contributed by atoms with Crippen LogP contribution in [0.25, 0.3) is 0 Å². The second-order valence-corrected chi connectivity index (χ2v) is 5.66. The molecule has 0 aromatic carbocycles. The van der Waals surface area contributed by atoms with Gasteiger partial charge in [0.05, 0.1) is 5.56 Å². The van der Waals surface area contributed by atoms with Crippen LogP contribution in [0.15, 0.2) is 35.2 Å². The topological polar surface area (TPSA) is 43.2 Å². The van der Waals surface area contributed by atoms with Gasteiger partial charge in [0.2, 0.25) is 0 Å². The Morgan fingerprint density at radius 2 is 2.10 bits per heavy atom. The number of pyridine rings is 1. The van der Waals surface area contributed by atoms with Gasteiger partial charge in [0.15, 0.2) is 0 Å². The van der Waals surface area contributed by atoms with E-state index < -0.39 is 0 Å². The number of nitriles is 1. The molecule has 3 heterocycles. The summed E-state index contributed by atoms with van der Waals surface area (Å²) in [5.74, 6) is 0.824. The predicted molar refractivity (Wildman–Crippen MR) is 80.8 cm³/mol. The lowest BCUT2D eigenvalue weighted by molar-refractivity contribution is 0.249. The van der Waals surface area contributed by atoms with Crippen LogP contribution in [0.5, 0.6) is 0 Å². The lowest BCUT2D eigenvalue weighted by atomic mass is 10.2. The molecule has 3 rings (SSSR count). The highest BCUT2D eigenvalue weighted by Crippen LogP contribution is 2.19. The molecule has 0 amide bonds. The lowest BCUT2D eigenvalue weighted by Gasteiger charge is -2.35. The fourth-order valence-electron chi connectivity index (χ4n) is 2.49. The molecule has 0 radical (unpaired) electrons. The van der Waals surface area contributed by atoms with Crippen molar-refractivity contribution in [3.63, 3.8) is 0 Å². The molecule has 0 saturated carbocycles. The van der Waals surface area contributed by atoms with Gasteiger partial charge in [-0.05, 0) is 34.5 Å². The van der Waals surface area contributed by atoms with Gasteiger partial charge in [-0.2, -0.15) is 16.6 Å². The average Bonchev–Trinajstić information content (AvgIpc) is 3.01. The van der Waals surface area contributed by atoms with Crippen molar-refractivity contribution in [3.05, 3.63) is 46.3 Å². The third-order valence-corrected chi connectivity index (χ3v) is 4.30. The number of anilines is 1. The molecule has 0 bridgehead atoms. The number of piperazine rings is 1. The van der Waals surface area contributed by atoms with Crippen molar-refractivity contribution >= 4 is 17.2 Å². The van der Waals surface area contributed by atoms with Crippen molar-refractivity contribution in [1.82, 2.24) is 9.88 Å². The molecule has 2 aromatic heterocycles. The Labute approximate surface area is 122 Å². The Kier molecular flexibility index (Phi) is 3.95. The molecule has 5 heteroatoms. The second kappa shape index (κ2) is 6.04. The molecule has 102 valence electrons. The lowest BCUT2D eigenvalue weighted by Crippen LogP contribution is -2.46. The van der Waals surface area contributed by atoms with E-state index in [9.17, 15) is 0 Å². The SMILES string of the molecule is N#Cc1cccnc1N1CCN(Cc2ccsc2)CC1. The molecule has 0 aliphatic carbocycles. The number of rotatable bonds is 3. The quantitative estimate of drug-likeness (QED) is 0.867. The molecule has 0 spiro atoms. The second-order valence-electron chi connectivity index (χ2n) is 4.88. The molecular weight excluding hydrogens is 268 g/mol. The van der Waals surface area contributed by atoms with Crippen LogP contribution in [-0.4, -0.2) is 36.1 Å². The molecule has 1 aliphatic heterocycles. The summed E-state index contributed by atoms with van der Waals surface area (Å²) in [6.45, 7) is 4.89. The minimum Gasteiger partial charge on any atom is -0.353 e. The molecule has 2 aromatic rings. The zero-order valence-corrected chi connectivity index (χ0v) is 12.0. The van der Waals surface area contributed by atoms with E-state index in [0.29, 0.717) is 5.56 Å². The van der Waals surface area contributed by atoms with Gasteiger partial charge in [0, 0.05) is 38.9 Å². The molecule has 0 N–H and O–H groups in total. The molecular formula is C15H16N4S. The van der Waals surface area contributed by atoms with Gasteiger partial charge in [-0.25, -0.2) is 4.98 Å². The van der Waals surface area contributed by atoms with E-state index in [1.54, 1.807) is 17.5 Å². The molecule has 1 aliphatic rings. The van der Waals surface area contributed by atoms with Gasteiger partial charge < -0.3 is 4.90 Å². The maximum atomic E-state index is 9.15. The van der Waals surface area contributed by atoms with Crippen LogP contribution >= 0.6 is 11.3 Å². The number of thiophene rings is 1. The van der Waals surface area contributed by atoms with E-state index in [0.717, 1.165) is 38.5 Å². The summed E-state index contributed by atoms with van der Waals surface area (Å²) in [6, 6.07) is 8.06. The first kappa shape index (κ1) is 13.1. The van der Waals surface area contributed by atoms with Gasteiger partial charge in [0.1, 0.15) is 11.9 Å². The minimum atomic E-state index is 0.666. The summed E-state index contributed by atoms with van der Waals surface area (Å²) in [4.78, 5) is 9.02. The van der Waals surface area contributed by atoms with E-state index >= 15 is 0 Å². The number of aromatic nitrogens is 1. The molecule has 20 heavy (non-hydrogen) atoms. The minimum absolute atomic E-state index is 0.666. The maximum absolute atomic E-state index is 9.15. The zero-order valence-electron chi connectivity index (χ0n) is 11.2. The Bertz CT molecular complexity index is 595. The van der Waals surface area contributed by atoms with Gasteiger partial charge in [-0.1, -0.05) is 0 Å². The molecule has 0 atom stereocenters. The summed E-state index contributed by atoms with van der Waals surface area (Å²) >= 11 is 1.75. The Morgan fingerprint density at radius 3 is 2.80 bits per heavy atom. The number of hydrogen-bond acceptors (Lipinski definition) is 5. The third kappa shape index (κ3) is 2.82. The summed E-state index contributed by atoms with van der Waals surface area (Å²) in [7, 11) is 0. The fourth-order valence-corrected chi connectivity index (χ4v) is 3.15. The van der Waals surface area contributed by atoms with Crippen LogP contribution in [0.2, 0.25) is 0 Å². The molecule has 1 saturated heterocycles. The zero-order chi connectivity index (χ0) is 13.8. The Balaban J connectivity index is 1.62. The van der Waals surface area contributed by atoms with E-state index in [2.05, 4.69) is 37.7 Å². The van der Waals surface area contributed by atoms with Crippen LogP contribution in [0.1, 0.15) is 11.1 Å². The highest BCUT2D eigenvalue weighted by atomic mass is 32.1. The predicted octanol–water partition coefficient (Wildman–Crippen LogP) is 2.34. The fraction of sp³-hybridized carbons (Fsp3) is 0.333. The van der Waals surface area contributed by atoms with Crippen molar-refractivity contribution in [2.45, 2.75) is 6.54 Å². The van der Waals surface area contributed by atoms with Crippen molar-refractivity contribution < 1.29 is 0 Å². The highest BCUT2D eigenvalue weighted by Gasteiger charge is 2.20. The smallest absolute Gasteiger partial charge is 0.146 e. The molecule has 0 unspecified atom stereocenters.